The Hall–Kier alpha value is -6.10. The molecule has 0 amide bonds. The number of carbonyl (C=O) groups is 4. The molecule has 0 unspecified atom stereocenters. The number of esters is 4. The summed E-state index contributed by atoms with van der Waals surface area (Å²) >= 11 is 0. The van der Waals surface area contributed by atoms with E-state index in [1.807, 2.05) is 30.3 Å². The van der Waals surface area contributed by atoms with E-state index in [2.05, 4.69) is 0 Å². The van der Waals surface area contributed by atoms with Crippen molar-refractivity contribution in [1.29, 1.82) is 0 Å². The van der Waals surface area contributed by atoms with Crippen LogP contribution in [0.15, 0.2) is 152 Å². The summed E-state index contributed by atoms with van der Waals surface area (Å²) in [6.07, 6.45) is -7.01. The molecule has 10 nitrogen and oxygen atoms in total. The zero-order chi connectivity index (χ0) is 35.4. The van der Waals surface area contributed by atoms with E-state index in [9.17, 15) is 19.2 Å². The number of carbonyl (C=O) groups excluding carboxylic acids is 4. The summed E-state index contributed by atoms with van der Waals surface area (Å²) in [7, 11) is 0. The van der Waals surface area contributed by atoms with E-state index in [-0.39, 0.29) is 28.9 Å². The third kappa shape index (κ3) is 9.13. The lowest BCUT2D eigenvalue weighted by Gasteiger charge is -2.44. The van der Waals surface area contributed by atoms with Crippen LogP contribution in [-0.4, -0.2) is 61.2 Å². The smallest absolute Gasteiger partial charge is 0.338 e. The van der Waals surface area contributed by atoms with Gasteiger partial charge < -0.3 is 28.4 Å². The Kier molecular flexibility index (Phi) is 11.6. The Morgan fingerprint density at radius 1 is 0.451 bits per heavy atom. The van der Waals surface area contributed by atoms with Crippen LogP contribution in [0.1, 0.15) is 47.0 Å². The van der Waals surface area contributed by atoms with Crippen molar-refractivity contribution in [2.75, 3.05) is 6.61 Å². The molecule has 5 atom stereocenters. The third-order valence-electron chi connectivity index (χ3n) is 7.99. The van der Waals surface area contributed by atoms with Gasteiger partial charge in [-0.1, -0.05) is 103 Å². The summed E-state index contributed by atoms with van der Waals surface area (Å²) in [5.74, 6) is -2.99. The van der Waals surface area contributed by atoms with Crippen LogP contribution in [0, 0.1) is 0 Å². The van der Waals surface area contributed by atoms with Gasteiger partial charge in [-0.15, -0.1) is 0 Å². The molecule has 258 valence electrons. The monoisotopic (exact) mass is 686 g/mol. The Labute approximate surface area is 294 Å². The molecule has 0 saturated carbocycles. The van der Waals surface area contributed by atoms with Gasteiger partial charge in [-0.25, -0.2) is 19.2 Å². The van der Waals surface area contributed by atoms with Gasteiger partial charge in [-0.2, -0.15) is 0 Å². The SMILES string of the molecule is O=C(OC[C@H]1O[C@@H](OCc2ccccc2)[C@@H](OC(=O)c2ccccc2)[C@@H](OC(=O)c2ccccc2)[C@H]1OC(=O)c1ccccc1)c1ccccc1. The van der Waals surface area contributed by atoms with Crippen molar-refractivity contribution in [2.45, 2.75) is 37.3 Å². The van der Waals surface area contributed by atoms with Crippen molar-refractivity contribution < 1.29 is 47.6 Å². The molecule has 6 rings (SSSR count). The van der Waals surface area contributed by atoms with E-state index in [4.69, 9.17) is 28.4 Å². The van der Waals surface area contributed by atoms with Crippen LogP contribution in [0.25, 0.3) is 0 Å². The predicted octanol–water partition coefficient (Wildman–Crippen LogP) is 6.46. The van der Waals surface area contributed by atoms with Crippen LogP contribution in [-0.2, 0) is 35.0 Å². The van der Waals surface area contributed by atoms with E-state index in [1.54, 1.807) is 121 Å². The fourth-order valence-electron chi connectivity index (χ4n) is 5.41. The fraction of sp³-hybridized carbons (Fsp3) is 0.171. The van der Waals surface area contributed by atoms with Crippen LogP contribution in [0.2, 0.25) is 0 Å². The molecule has 0 radical (unpaired) electrons. The number of rotatable bonds is 12. The highest BCUT2D eigenvalue weighted by atomic mass is 16.7. The van der Waals surface area contributed by atoms with E-state index < -0.39 is 61.2 Å². The Morgan fingerprint density at radius 2 is 0.824 bits per heavy atom. The number of hydrogen-bond acceptors (Lipinski definition) is 10. The maximum atomic E-state index is 13.7. The maximum Gasteiger partial charge on any atom is 0.338 e. The van der Waals surface area contributed by atoms with Gasteiger partial charge >= 0.3 is 23.9 Å². The maximum absolute atomic E-state index is 13.7. The van der Waals surface area contributed by atoms with Gasteiger partial charge in [-0.05, 0) is 54.1 Å². The van der Waals surface area contributed by atoms with Crippen LogP contribution >= 0.6 is 0 Å². The zero-order valence-electron chi connectivity index (χ0n) is 27.3. The van der Waals surface area contributed by atoms with Crippen LogP contribution in [0.5, 0.6) is 0 Å². The Bertz CT molecular complexity index is 1890. The topological polar surface area (TPSA) is 124 Å². The molecule has 5 aromatic rings. The highest BCUT2D eigenvalue weighted by Gasteiger charge is 2.53. The molecule has 0 aromatic heterocycles. The zero-order valence-corrected chi connectivity index (χ0v) is 27.3. The molecule has 0 N–H and O–H groups in total. The highest BCUT2D eigenvalue weighted by molar-refractivity contribution is 5.91. The minimum atomic E-state index is -1.49. The quantitative estimate of drug-likeness (QED) is 0.107. The second-order valence-corrected chi connectivity index (χ2v) is 11.5. The Morgan fingerprint density at radius 3 is 1.27 bits per heavy atom. The number of hydrogen-bond donors (Lipinski definition) is 0. The standard InChI is InChI=1S/C41H34O10/c42-37(29-18-8-2-9-19-29)46-27-33-34(49-38(43)30-20-10-3-11-21-30)35(50-39(44)31-22-12-4-13-23-31)36(51-40(45)32-24-14-5-15-25-32)41(48-33)47-26-28-16-6-1-7-17-28/h1-25,33-36,41H,26-27H2/t33-,34+,35+,36+,41-/m1/s1. The molecule has 1 aliphatic rings. The molecule has 1 saturated heterocycles. The summed E-state index contributed by atoms with van der Waals surface area (Å²) in [5, 5.41) is 0. The van der Waals surface area contributed by atoms with Gasteiger partial charge in [0.2, 0.25) is 0 Å². The van der Waals surface area contributed by atoms with E-state index in [1.165, 1.54) is 0 Å². The van der Waals surface area contributed by atoms with Crippen molar-refractivity contribution >= 4 is 23.9 Å². The van der Waals surface area contributed by atoms with Crippen molar-refractivity contribution in [2.24, 2.45) is 0 Å². The molecule has 0 aliphatic carbocycles. The molecule has 1 aliphatic heterocycles. The second-order valence-electron chi connectivity index (χ2n) is 11.5. The molecule has 1 heterocycles. The van der Waals surface area contributed by atoms with Gasteiger partial charge in [0.25, 0.3) is 0 Å². The van der Waals surface area contributed by atoms with Crippen LogP contribution < -0.4 is 0 Å². The molecule has 0 bridgehead atoms. The van der Waals surface area contributed by atoms with E-state index in [0.29, 0.717) is 0 Å². The molecule has 5 aromatic carbocycles. The number of ether oxygens (including phenoxy) is 6. The van der Waals surface area contributed by atoms with Crippen molar-refractivity contribution in [1.82, 2.24) is 0 Å². The van der Waals surface area contributed by atoms with Crippen molar-refractivity contribution in [3.05, 3.63) is 179 Å². The fourth-order valence-corrected chi connectivity index (χ4v) is 5.41. The van der Waals surface area contributed by atoms with Gasteiger partial charge in [0, 0.05) is 0 Å². The first kappa shape index (κ1) is 34.8. The van der Waals surface area contributed by atoms with Crippen molar-refractivity contribution in [3.8, 4) is 0 Å². The van der Waals surface area contributed by atoms with Crippen LogP contribution in [0.3, 0.4) is 0 Å². The van der Waals surface area contributed by atoms with Gasteiger partial charge in [-0.3, -0.25) is 0 Å². The lowest BCUT2D eigenvalue weighted by Crippen LogP contribution is -2.63. The molecular weight excluding hydrogens is 652 g/mol. The average Bonchev–Trinajstić information content (AvgIpc) is 3.19. The molecule has 0 spiro atoms. The first-order valence-corrected chi connectivity index (χ1v) is 16.3. The van der Waals surface area contributed by atoms with Gasteiger partial charge in [0.15, 0.2) is 24.6 Å². The lowest BCUT2D eigenvalue weighted by molar-refractivity contribution is -0.301. The molecule has 51 heavy (non-hydrogen) atoms. The minimum Gasteiger partial charge on any atom is -0.459 e. The lowest BCUT2D eigenvalue weighted by atomic mass is 9.97. The summed E-state index contributed by atoms with van der Waals surface area (Å²) in [5.41, 5.74) is 1.66. The minimum absolute atomic E-state index is 0.00917. The summed E-state index contributed by atoms with van der Waals surface area (Å²) in [6.45, 7) is -0.431. The first-order valence-electron chi connectivity index (χ1n) is 16.3. The summed E-state index contributed by atoms with van der Waals surface area (Å²) in [4.78, 5) is 53.9. The second kappa shape index (κ2) is 17.0. The third-order valence-corrected chi connectivity index (χ3v) is 7.99. The van der Waals surface area contributed by atoms with Gasteiger partial charge in [0.05, 0.1) is 28.9 Å². The molecule has 1 fully saturated rings. The van der Waals surface area contributed by atoms with Crippen molar-refractivity contribution in [3.63, 3.8) is 0 Å². The predicted molar refractivity (Wildman–Crippen MR) is 184 cm³/mol. The first-order chi connectivity index (χ1) is 25.0. The van der Waals surface area contributed by atoms with E-state index >= 15 is 0 Å². The molecular formula is C41H34O10. The number of benzene rings is 5. The summed E-state index contributed by atoms with van der Waals surface area (Å²) in [6, 6.07) is 42.1. The Balaban J connectivity index is 1.39. The molecule has 10 heteroatoms. The normalized spacial score (nSPS) is 19.6. The average molecular weight is 687 g/mol. The summed E-state index contributed by atoms with van der Waals surface area (Å²) < 4.78 is 36.4. The van der Waals surface area contributed by atoms with Gasteiger partial charge in [0.1, 0.15) is 12.7 Å². The largest absolute Gasteiger partial charge is 0.459 e. The highest BCUT2D eigenvalue weighted by Crippen LogP contribution is 2.32. The van der Waals surface area contributed by atoms with Crippen LogP contribution in [0.4, 0.5) is 0 Å². The van der Waals surface area contributed by atoms with E-state index in [0.717, 1.165) is 5.56 Å².